The van der Waals surface area contributed by atoms with Crippen LogP contribution in [0.2, 0.25) is 0 Å². The van der Waals surface area contributed by atoms with Gasteiger partial charge >= 0.3 is 36.4 Å². The molecule has 0 aromatic carbocycles. The molecule has 0 spiro atoms. The van der Waals surface area contributed by atoms with Gasteiger partial charge < -0.3 is 20.3 Å². The Labute approximate surface area is 135 Å². The Morgan fingerprint density at radius 3 is 0.962 bits per heavy atom. The molecular weight excluding hydrogens is 403 g/mol. The number of H-pyrrole nitrogens is 1. The zero-order chi connectivity index (χ0) is 21.8. The van der Waals surface area contributed by atoms with E-state index in [1.165, 1.54) is 0 Å². The Bertz CT molecular complexity index is 461. The fourth-order valence-electron chi connectivity index (χ4n) is 0.215. The van der Waals surface area contributed by atoms with Crippen LogP contribution in [0.5, 0.6) is 0 Å². The maximum atomic E-state index is 10.6. The SMILES string of the molecule is O=C(O)C(F)(F)F.O=C(O)C(F)(F)F.O=C(O)C(F)(F)F.c1c[nH]cn1. The van der Waals surface area contributed by atoms with Crippen LogP contribution in [0.1, 0.15) is 0 Å². The molecule has 0 fully saturated rings. The molecule has 0 saturated heterocycles. The molecule has 1 aromatic rings. The van der Waals surface area contributed by atoms with Crippen molar-refractivity contribution < 1.29 is 69.2 Å². The van der Waals surface area contributed by atoms with Crippen LogP contribution in [-0.4, -0.2) is 61.7 Å². The van der Waals surface area contributed by atoms with Gasteiger partial charge in [-0.2, -0.15) is 39.5 Å². The molecule has 1 heterocycles. The number of hydrogen-bond donors (Lipinski definition) is 4. The van der Waals surface area contributed by atoms with E-state index in [2.05, 4.69) is 9.97 Å². The van der Waals surface area contributed by atoms with Crippen molar-refractivity contribution in [1.82, 2.24) is 9.97 Å². The number of aliphatic carboxylic acids is 3. The van der Waals surface area contributed by atoms with Crippen LogP contribution in [-0.2, 0) is 14.4 Å². The van der Waals surface area contributed by atoms with Gasteiger partial charge in [0.15, 0.2) is 0 Å². The van der Waals surface area contributed by atoms with Gasteiger partial charge in [0.1, 0.15) is 0 Å². The standard InChI is InChI=1S/C3H4N2.3C2HF3O2/c1-2-5-3-4-1;3*3-2(4,5)1(6)7/h1-3H,(H,4,5);3*(H,6,7). The molecule has 1 rings (SSSR count). The molecule has 26 heavy (non-hydrogen) atoms. The lowest BCUT2D eigenvalue weighted by atomic mass is 10.7. The monoisotopic (exact) mass is 410 g/mol. The molecule has 17 heteroatoms. The van der Waals surface area contributed by atoms with Crippen LogP contribution in [0.3, 0.4) is 0 Å². The summed E-state index contributed by atoms with van der Waals surface area (Å²) in [6.07, 6.45) is -10.2. The number of halogens is 9. The van der Waals surface area contributed by atoms with Crippen molar-refractivity contribution in [3.05, 3.63) is 18.7 Å². The second kappa shape index (κ2) is 11.5. The smallest absolute Gasteiger partial charge is 0.475 e. The molecule has 0 aliphatic rings. The summed E-state index contributed by atoms with van der Waals surface area (Å²) in [4.78, 5) is 33.1. The first-order chi connectivity index (χ1) is 11.3. The average Bonchev–Trinajstić information content (AvgIpc) is 2.95. The normalized spacial score (nSPS) is 10.7. The first-order valence-electron chi connectivity index (χ1n) is 5.16. The Kier molecular flexibility index (Phi) is 12.3. The molecule has 1 aromatic heterocycles. The minimum Gasteiger partial charge on any atom is -0.475 e. The predicted octanol–water partition coefficient (Wildman–Crippen LogP) is 2.31. The largest absolute Gasteiger partial charge is 0.490 e. The molecule has 0 unspecified atom stereocenters. The Morgan fingerprint density at radius 2 is 0.923 bits per heavy atom. The number of aromatic amines is 1. The second-order valence-electron chi connectivity index (χ2n) is 3.17. The van der Waals surface area contributed by atoms with E-state index in [-0.39, 0.29) is 0 Å². The van der Waals surface area contributed by atoms with E-state index in [4.69, 9.17) is 29.7 Å². The minimum absolute atomic E-state index is 1.62. The number of rotatable bonds is 0. The number of imidazole rings is 1. The van der Waals surface area contributed by atoms with E-state index >= 15 is 0 Å². The predicted molar refractivity (Wildman–Crippen MR) is 59.7 cm³/mol. The lowest BCUT2D eigenvalue weighted by Crippen LogP contribution is -2.21. The average molecular weight is 410 g/mol. The number of nitrogens with zero attached hydrogens (tertiary/aromatic N) is 1. The van der Waals surface area contributed by atoms with Gasteiger partial charge in [0, 0.05) is 12.4 Å². The molecule has 0 aliphatic heterocycles. The molecule has 0 saturated carbocycles. The van der Waals surface area contributed by atoms with Gasteiger partial charge in [0.05, 0.1) is 6.33 Å². The number of nitrogens with one attached hydrogen (secondary N) is 1. The van der Waals surface area contributed by atoms with Gasteiger partial charge in [-0.15, -0.1) is 0 Å². The van der Waals surface area contributed by atoms with Crippen molar-refractivity contribution in [2.45, 2.75) is 18.5 Å². The van der Waals surface area contributed by atoms with E-state index in [0.717, 1.165) is 0 Å². The number of carboxylic acid groups (broad SMARTS) is 3. The molecule has 4 N–H and O–H groups in total. The van der Waals surface area contributed by atoms with Crippen molar-refractivity contribution in [2.24, 2.45) is 0 Å². The third-order valence-electron chi connectivity index (χ3n) is 1.13. The van der Waals surface area contributed by atoms with Gasteiger partial charge in [-0.3, -0.25) is 0 Å². The van der Waals surface area contributed by atoms with Crippen LogP contribution >= 0.6 is 0 Å². The highest BCUT2D eigenvalue weighted by Crippen LogP contribution is 2.14. The second-order valence-corrected chi connectivity index (χ2v) is 3.17. The van der Waals surface area contributed by atoms with Gasteiger partial charge in [0.25, 0.3) is 0 Å². The number of carbonyl (C=O) groups is 3. The molecular formula is C9H7F9N2O6. The van der Waals surface area contributed by atoms with Crippen LogP contribution in [0.25, 0.3) is 0 Å². The molecule has 8 nitrogen and oxygen atoms in total. The zero-order valence-corrected chi connectivity index (χ0v) is 11.6. The van der Waals surface area contributed by atoms with E-state index < -0.39 is 36.4 Å². The van der Waals surface area contributed by atoms with Crippen molar-refractivity contribution in [1.29, 1.82) is 0 Å². The topological polar surface area (TPSA) is 141 Å². The van der Waals surface area contributed by atoms with Gasteiger partial charge in [-0.1, -0.05) is 0 Å². The van der Waals surface area contributed by atoms with Crippen molar-refractivity contribution in [3.8, 4) is 0 Å². The molecule has 0 aliphatic carbocycles. The first-order valence-corrected chi connectivity index (χ1v) is 5.16. The van der Waals surface area contributed by atoms with E-state index in [1.54, 1.807) is 18.7 Å². The number of alkyl halides is 9. The fraction of sp³-hybridized carbons (Fsp3) is 0.333. The maximum Gasteiger partial charge on any atom is 0.490 e. The number of carboxylic acids is 3. The maximum absolute atomic E-state index is 10.6. The molecule has 0 atom stereocenters. The lowest BCUT2D eigenvalue weighted by Gasteiger charge is -1.93. The van der Waals surface area contributed by atoms with Crippen LogP contribution in [0.15, 0.2) is 18.7 Å². The highest BCUT2D eigenvalue weighted by Gasteiger charge is 2.39. The van der Waals surface area contributed by atoms with Gasteiger partial charge in [-0.05, 0) is 0 Å². The molecule has 0 radical (unpaired) electrons. The lowest BCUT2D eigenvalue weighted by molar-refractivity contribution is -0.193. The number of aromatic nitrogens is 2. The fourth-order valence-corrected chi connectivity index (χ4v) is 0.215. The van der Waals surface area contributed by atoms with Crippen LogP contribution in [0.4, 0.5) is 39.5 Å². The van der Waals surface area contributed by atoms with E-state index in [1.807, 2.05) is 0 Å². The third kappa shape index (κ3) is 21.0. The number of hydrogen-bond acceptors (Lipinski definition) is 4. The van der Waals surface area contributed by atoms with Crippen LogP contribution in [0, 0.1) is 0 Å². The summed E-state index contributed by atoms with van der Waals surface area (Å²) in [6, 6.07) is 0. The molecule has 152 valence electrons. The Morgan fingerprint density at radius 1 is 0.692 bits per heavy atom. The summed E-state index contributed by atoms with van der Waals surface area (Å²) in [5, 5.41) is 21.4. The van der Waals surface area contributed by atoms with Gasteiger partial charge in [-0.25, -0.2) is 19.4 Å². The summed E-state index contributed by atoms with van der Waals surface area (Å²) >= 11 is 0. The highest BCUT2D eigenvalue weighted by atomic mass is 19.4. The molecule has 0 amide bonds. The Hall–Kier alpha value is -3.01. The van der Waals surface area contributed by atoms with Crippen molar-refractivity contribution in [2.75, 3.05) is 0 Å². The summed E-state index contributed by atoms with van der Waals surface area (Å²) in [5.41, 5.74) is 0. The third-order valence-corrected chi connectivity index (χ3v) is 1.13. The van der Waals surface area contributed by atoms with Gasteiger partial charge in [0.2, 0.25) is 0 Å². The minimum atomic E-state index is -5.08. The van der Waals surface area contributed by atoms with Crippen molar-refractivity contribution >= 4 is 17.9 Å². The summed E-state index contributed by atoms with van der Waals surface area (Å²) in [6.45, 7) is 0. The van der Waals surface area contributed by atoms with E-state index in [0.29, 0.717) is 0 Å². The summed E-state index contributed by atoms with van der Waals surface area (Å²) in [7, 11) is 0. The Balaban J connectivity index is -0.000000273. The van der Waals surface area contributed by atoms with Crippen molar-refractivity contribution in [3.63, 3.8) is 0 Å². The first kappa shape index (κ1) is 27.8. The quantitative estimate of drug-likeness (QED) is 0.481. The van der Waals surface area contributed by atoms with Crippen LogP contribution < -0.4 is 0 Å². The van der Waals surface area contributed by atoms with E-state index in [9.17, 15) is 39.5 Å². The summed E-state index contributed by atoms with van der Waals surface area (Å²) in [5.74, 6) is -8.27. The highest BCUT2D eigenvalue weighted by molar-refractivity contribution is 5.73. The summed E-state index contributed by atoms with van der Waals surface area (Å²) < 4.78 is 95.2. The zero-order valence-electron chi connectivity index (χ0n) is 11.6. The molecule has 0 bridgehead atoms.